The normalized spacial score (nSPS) is 12.2. The number of esters is 1. The number of carbonyl (C=O) groups excluding carboxylic acids is 2. The lowest BCUT2D eigenvalue weighted by Crippen LogP contribution is -2.24. The molecule has 0 saturated heterocycles. The SMILES string of the molecule is Cc1[nH]c2ccccc2c1C(=O)C(C)OC(=O)/C=C/c1ccc([N+](=O)[O-])cc1. The van der Waals surface area contributed by atoms with Gasteiger partial charge in [-0.15, -0.1) is 0 Å². The fourth-order valence-electron chi connectivity index (χ4n) is 2.94. The predicted octanol–water partition coefficient (Wildman–Crippen LogP) is 4.21. The summed E-state index contributed by atoms with van der Waals surface area (Å²) in [7, 11) is 0. The molecule has 0 bridgehead atoms. The number of ketones is 1. The van der Waals surface area contributed by atoms with E-state index in [-0.39, 0.29) is 11.5 Å². The van der Waals surface area contributed by atoms with Gasteiger partial charge in [0, 0.05) is 40.4 Å². The van der Waals surface area contributed by atoms with Gasteiger partial charge in [-0.25, -0.2) is 4.79 Å². The summed E-state index contributed by atoms with van der Waals surface area (Å²) in [6, 6.07) is 13.2. The molecule has 1 N–H and O–H groups in total. The number of aromatic amines is 1. The topological polar surface area (TPSA) is 102 Å². The fourth-order valence-corrected chi connectivity index (χ4v) is 2.94. The third-order valence-electron chi connectivity index (χ3n) is 4.32. The van der Waals surface area contributed by atoms with Crippen LogP contribution in [-0.4, -0.2) is 27.8 Å². The van der Waals surface area contributed by atoms with Crippen LogP contribution < -0.4 is 0 Å². The summed E-state index contributed by atoms with van der Waals surface area (Å²) in [5.74, 6) is -0.955. The summed E-state index contributed by atoms with van der Waals surface area (Å²) < 4.78 is 5.23. The highest BCUT2D eigenvalue weighted by molar-refractivity contribution is 6.11. The molecule has 1 atom stereocenters. The molecule has 1 heterocycles. The van der Waals surface area contributed by atoms with E-state index < -0.39 is 17.0 Å². The zero-order valence-electron chi connectivity index (χ0n) is 15.3. The number of nitrogens with zero attached hydrogens (tertiary/aromatic N) is 1. The van der Waals surface area contributed by atoms with Crippen molar-refractivity contribution in [3.8, 4) is 0 Å². The molecule has 0 radical (unpaired) electrons. The molecule has 7 nitrogen and oxygen atoms in total. The van der Waals surface area contributed by atoms with Crippen LogP contribution in [0.4, 0.5) is 5.69 Å². The Kier molecular flexibility index (Phi) is 5.35. The number of carbonyl (C=O) groups is 2. The Hall–Kier alpha value is -3.74. The van der Waals surface area contributed by atoms with E-state index in [0.29, 0.717) is 11.1 Å². The summed E-state index contributed by atoms with van der Waals surface area (Å²) >= 11 is 0. The first-order valence-corrected chi connectivity index (χ1v) is 8.61. The van der Waals surface area contributed by atoms with E-state index in [1.165, 1.54) is 43.3 Å². The Balaban J connectivity index is 1.68. The summed E-state index contributed by atoms with van der Waals surface area (Å²) in [5, 5.41) is 11.4. The van der Waals surface area contributed by atoms with Crippen LogP contribution >= 0.6 is 0 Å². The number of aromatic nitrogens is 1. The molecule has 0 fully saturated rings. The lowest BCUT2D eigenvalue weighted by Gasteiger charge is -2.11. The third kappa shape index (κ3) is 3.98. The molecule has 28 heavy (non-hydrogen) atoms. The number of nitrogens with one attached hydrogen (secondary N) is 1. The van der Waals surface area contributed by atoms with Crippen molar-refractivity contribution in [2.24, 2.45) is 0 Å². The summed E-state index contributed by atoms with van der Waals surface area (Å²) in [4.78, 5) is 38.1. The van der Waals surface area contributed by atoms with Crippen molar-refractivity contribution < 1.29 is 19.2 Å². The molecule has 0 amide bonds. The molecular formula is C21H18N2O5. The van der Waals surface area contributed by atoms with E-state index >= 15 is 0 Å². The number of para-hydroxylation sites is 1. The molecule has 2 aromatic carbocycles. The van der Waals surface area contributed by atoms with Crippen LogP contribution in [0.5, 0.6) is 0 Å². The number of hydrogen-bond donors (Lipinski definition) is 1. The molecule has 3 rings (SSSR count). The average molecular weight is 378 g/mol. The lowest BCUT2D eigenvalue weighted by molar-refractivity contribution is -0.384. The maximum Gasteiger partial charge on any atom is 0.331 e. The van der Waals surface area contributed by atoms with Gasteiger partial charge in [-0.2, -0.15) is 0 Å². The van der Waals surface area contributed by atoms with Gasteiger partial charge in [0.2, 0.25) is 5.78 Å². The van der Waals surface area contributed by atoms with Crippen LogP contribution in [0.1, 0.15) is 28.5 Å². The van der Waals surface area contributed by atoms with Crippen molar-refractivity contribution in [2.45, 2.75) is 20.0 Å². The summed E-state index contributed by atoms with van der Waals surface area (Å²) in [6.07, 6.45) is 1.71. The fraction of sp³-hybridized carbons (Fsp3) is 0.143. The second-order valence-electron chi connectivity index (χ2n) is 6.30. The van der Waals surface area contributed by atoms with Crippen molar-refractivity contribution in [1.82, 2.24) is 4.98 Å². The van der Waals surface area contributed by atoms with Crippen LogP contribution in [0.3, 0.4) is 0 Å². The molecule has 0 saturated carbocycles. The number of nitro benzene ring substituents is 1. The Morgan fingerprint density at radius 1 is 1.14 bits per heavy atom. The molecule has 0 aliphatic rings. The standard InChI is InChI=1S/C21H18N2O5/c1-13-20(17-5-3-4-6-18(17)22-13)21(25)14(2)28-19(24)12-9-15-7-10-16(11-8-15)23(26)27/h3-12,14,22H,1-2H3/b12-9+. The van der Waals surface area contributed by atoms with Gasteiger partial charge in [-0.05, 0) is 43.7 Å². The number of non-ortho nitro benzene ring substituents is 1. The predicted molar refractivity (Wildman–Crippen MR) is 105 cm³/mol. The minimum absolute atomic E-state index is 0.0342. The first-order valence-electron chi connectivity index (χ1n) is 8.61. The van der Waals surface area contributed by atoms with Crippen LogP contribution in [0.15, 0.2) is 54.6 Å². The summed E-state index contributed by atoms with van der Waals surface area (Å²) in [5.41, 5.74) is 2.65. The molecular weight excluding hydrogens is 360 g/mol. The quantitative estimate of drug-likeness (QED) is 0.228. The highest BCUT2D eigenvalue weighted by Gasteiger charge is 2.23. The number of rotatable bonds is 6. The highest BCUT2D eigenvalue weighted by atomic mass is 16.6. The van der Waals surface area contributed by atoms with Crippen molar-refractivity contribution in [3.05, 3.63) is 81.5 Å². The zero-order chi connectivity index (χ0) is 20.3. The van der Waals surface area contributed by atoms with Crippen LogP contribution in [0, 0.1) is 17.0 Å². The first-order chi connectivity index (χ1) is 13.4. The van der Waals surface area contributed by atoms with Crippen LogP contribution in [-0.2, 0) is 9.53 Å². The second kappa shape index (κ2) is 7.87. The molecule has 3 aromatic rings. The van der Waals surface area contributed by atoms with Crippen LogP contribution in [0.2, 0.25) is 0 Å². The van der Waals surface area contributed by atoms with Gasteiger partial charge >= 0.3 is 5.97 Å². The van der Waals surface area contributed by atoms with Gasteiger partial charge in [-0.1, -0.05) is 18.2 Å². The van der Waals surface area contributed by atoms with E-state index in [9.17, 15) is 19.7 Å². The number of ether oxygens (including phenoxy) is 1. The molecule has 0 aliphatic heterocycles. The van der Waals surface area contributed by atoms with Crippen molar-refractivity contribution >= 4 is 34.4 Å². The molecule has 1 aromatic heterocycles. The monoisotopic (exact) mass is 378 g/mol. The average Bonchev–Trinajstić information content (AvgIpc) is 3.01. The number of H-pyrrole nitrogens is 1. The maximum atomic E-state index is 12.8. The number of benzene rings is 2. The highest BCUT2D eigenvalue weighted by Crippen LogP contribution is 2.24. The van der Waals surface area contributed by atoms with Gasteiger partial charge < -0.3 is 9.72 Å². The van der Waals surface area contributed by atoms with E-state index in [1.807, 2.05) is 24.3 Å². The Labute approximate surface area is 160 Å². The molecule has 0 aliphatic carbocycles. The van der Waals surface area contributed by atoms with Gasteiger partial charge in [-0.3, -0.25) is 14.9 Å². The largest absolute Gasteiger partial charge is 0.451 e. The Morgan fingerprint density at radius 3 is 2.50 bits per heavy atom. The Morgan fingerprint density at radius 2 is 1.82 bits per heavy atom. The van der Waals surface area contributed by atoms with E-state index in [0.717, 1.165) is 16.6 Å². The first kappa shape index (κ1) is 19.0. The molecule has 7 heteroatoms. The number of nitro groups is 1. The molecule has 1 unspecified atom stereocenters. The van der Waals surface area contributed by atoms with Gasteiger partial charge in [0.25, 0.3) is 5.69 Å². The number of aryl methyl sites for hydroxylation is 1. The third-order valence-corrected chi connectivity index (χ3v) is 4.32. The lowest BCUT2D eigenvalue weighted by atomic mass is 10.0. The van der Waals surface area contributed by atoms with E-state index in [4.69, 9.17) is 4.74 Å². The van der Waals surface area contributed by atoms with Crippen molar-refractivity contribution in [2.75, 3.05) is 0 Å². The van der Waals surface area contributed by atoms with Gasteiger partial charge in [0.1, 0.15) is 0 Å². The smallest absolute Gasteiger partial charge is 0.331 e. The number of fused-ring (bicyclic) bond motifs is 1. The zero-order valence-corrected chi connectivity index (χ0v) is 15.3. The maximum absolute atomic E-state index is 12.8. The minimum Gasteiger partial charge on any atom is -0.451 e. The second-order valence-corrected chi connectivity index (χ2v) is 6.30. The molecule has 142 valence electrons. The minimum atomic E-state index is -0.952. The van der Waals surface area contributed by atoms with E-state index in [2.05, 4.69) is 4.98 Å². The number of hydrogen-bond acceptors (Lipinski definition) is 5. The van der Waals surface area contributed by atoms with Crippen molar-refractivity contribution in [1.29, 1.82) is 0 Å². The van der Waals surface area contributed by atoms with Crippen LogP contribution in [0.25, 0.3) is 17.0 Å². The Bertz CT molecular complexity index is 1080. The van der Waals surface area contributed by atoms with Gasteiger partial charge in [0.05, 0.1) is 4.92 Å². The van der Waals surface area contributed by atoms with E-state index in [1.54, 1.807) is 6.92 Å². The molecule has 0 spiro atoms. The number of Topliss-reactive ketones (excluding diaryl/α,β-unsaturated/α-hetero) is 1. The summed E-state index contributed by atoms with van der Waals surface area (Å²) in [6.45, 7) is 3.33. The van der Waals surface area contributed by atoms with Crippen molar-refractivity contribution in [3.63, 3.8) is 0 Å². The van der Waals surface area contributed by atoms with Gasteiger partial charge in [0.15, 0.2) is 6.10 Å².